The van der Waals surface area contributed by atoms with E-state index in [2.05, 4.69) is 65.3 Å². The average Bonchev–Trinajstić information content (AvgIpc) is 2.74. The van der Waals surface area contributed by atoms with Crippen molar-refractivity contribution < 1.29 is 19.4 Å². The molecule has 3 aromatic carbocycles. The summed E-state index contributed by atoms with van der Waals surface area (Å²) >= 11 is 3.49. The molecule has 1 N–H and O–H groups in total. The first-order chi connectivity index (χ1) is 14.8. The minimum atomic E-state index is -0.999. The van der Waals surface area contributed by atoms with Gasteiger partial charge in [-0.15, -0.1) is 0 Å². The van der Waals surface area contributed by atoms with Gasteiger partial charge >= 0.3 is 5.97 Å². The number of carbonyl (C=O) groups is 1. The van der Waals surface area contributed by atoms with E-state index in [9.17, 15) is 4.79 Å². The second-order valence-electron chi connectivity index (χ2n) is 7.33. The summed E-state index contributed by atoms with van der Waals surface area (Å²) in [4.78, 5) is 11.0. The highest BCUT2D eigenvalue weighted by atomic mass is 79.9. The van der Waals surface area contributed by atoms with Crippen LogP contribution in [0.1, 0.15) is 29.2 Å². The molecule has 0 saturated heterocycles. The highest BCUT2D eigenvalue weighted by molar-refractivity contribution is 9.10. The lowest BCUT2D eigenvalue weighted by atomic mass is 9.97. The summed E-state index contributed by atoms with van der Waals surface area (Å²) in [7, 11) is 0. The molecule has 0 aromatic heterocycles. The third-order valence-electron chi connectivity index (χ3n) is 4.85. The van der Waals surface area contributed by atoms with Crippen LogP contribution in [0.25, 0.3) is 5.57 Å². The number of ether oxygens (including phenoxy) is 2. The zero-order valence-electron chi connectivity index (χ0n) is 17.8. The van der Waals surface area contributed by atoms with Crippen LogP contribution in [0.4, 0.5) is 0 Å². The first-order valence-corrected chi connectivity index (χ1v) is 10.8. The zero-order chi connectivity index (χ0) is 22.4. The van der Waals surface area contributed by atoms with Gasteiger partial charge in [0.15, 0.2) is 6.10 Å². The maximum absolute atomic E-state index is 11.0. The van der Waals surface area contributed by atoms with Crippen molar-refractivity contribution >= 4 is 27.5 Å². The van der Waals surface area contributed by atoms with Crippen molar-refractivity contribution in [1.82, 2.24) is 0 Å². The Morgan fingerprint density at radius 1 is 1.00 bits per heavy atom. The normalized spacial score (nSPS) is 12.3. The number of hydrogen-bond acceptors (Lipinski definition) is 3. The number of hydrogen-bond donors (Lipinski definition) is 1. The molecule has 1 unspecified atom stereocenters. The summed E-state index contributed by atoms with van der Waals surface area (Å²) in [6, 6.07) is 22.0. The molecule has 0 amide bonds. The summed E-state index contributed by atoms with van der Waals surface area (Å²) < 4.78 is 12.5. The Hall–Kier alpha value is -3.05. The molecule has 0 saturated carbocycles. The van der Waals surface area contributed by atoms with Gasteiger partial charge < -0.3 is 14.6 Å². The summed E-state index contributed by atoms with van der Waals surface area (Å²) in [6.07, 6.45) is 1.16. The van der Waals surface area contributed by atoms with E-state index in [4.69, 9.17) is 14.6 Å². The van der Waals surface area contributed by atoms with Crippen molar-refractivity contribution in [2.45, 2.75) is 26.9 Å². The lowest BCUT2D eigenvalue weighted by molar-refractivity contribution is -0.144. The Labute approximate surface area is 191 Å². The molecule has 0 bridgehead atoms. The van der Waals surface area contributed by atoms with E-state index < -0.39 is 12.1 Å². The van der Waals surface area contributed by atoms with Gasteiger partial charge in [-0.2, -0.15) is 0 Å². The Morgan fingerprint density at radius 3 is 2.19 bits per heavy atom. The minimum absolute atomic E-state index is 0.393. The molecule has 3 rings (SSSR count). The first kappa shape index (κ1) is 22.6. The van der Waals surface area contributed by atoms with Crippen LogP contribution in [-0.4, -0.2) is 23.8 Å². The van der Waals surface area contributed by atoms with Crippen molar-refractivity contribution in [3.63, 3.8) is 0 Å². The highest BCUT2D eigenvalue weighted by Gasteiger charge is 2.14. The molecule has 31 heavy (non-hydrogen) atoms. The van der Waals surface area contributed by atoms with E-state index in [1.165, 1.54) is 12.5 Å². The van der Waals surface area contributed by atoms with Crippen LogP contribution in [0.5, 0.6) is 11.5 Å². The number of aryl methyl sites for hydroxylation is 2. The molecule has 0 aliphatic carbocycles. The number of rotatable bonds is 8. The Bertz CT molecular complexity index is 1020. The van der Waals surface area contributed by atoms with Crippen LogP contribution in [0.3, 0.4) is 0 Å². The molecule has 4 nitrogen and oxygen atoms in total. The second kappa shape index (κ2) is 10.3. The molecule has 0 heterocycles. The lowest BCUT2D eigenvalue weighted by Gasteiger charge is -2.14. The van der Waals surface area contributed by atoms with Crippen molar-refractivity contribution in [1.29, 1.82) is 0 Å². The smallest absolute Gasteiger partial charge is 0.344 e. The Morgan fingerprint density at radius 2 is 1.61 bits per heavy atom. The molecular formula is C26H25BrO4. The molecule has 0 aliphatic rings. The summed E-state index contributed by atoms with van der Waals surface area (Å²) in [6.45, 7) is 5.84. The van der Waals surface area contributed by atoms with Gasteiger partial charge in [-0.1, -0.05) is 57.9 Å². The van der Waals surface area contributed by atoms with E-state index in [0.29, 0.717) is 18.1 Å². The maximum atomic E-state index is 11.0. The van der Waals surface area contributed by atoms with E-state index in [0.717, 1.165) is 26.7 Å². The van der Waals surface area contributed by atoms with Crippen molar-refractivity contribution in [3.05, 3.63) is 99.5 Å². The Kier molecular flexibility index (Phi) is 7.53. The summed E-state index contributed by atoms with van der Waals surface area (Å²) in [5, 5.41) is 9.02. The van der Waals surface area contributed by atoms with E-state index in [-0.39, 0.29) is 0 Å². The van der Waals surface area contributed by atoms with Crippen LogP contribution in [0.15, 0.2) is 77.3 Å². The monoisotopic (exact) mass is 480 g/mol. The molecule has 1 atom stereocenters. The average molecular weight is 481 g/mol. The number of carboxylic acids is 1. The van der Waals surface area contributed by atoms with Crippen LogP contribution < -0.4 is 9.47 Å². The van der Waals surface area contributed by atoms with Gasteiger partial charge in [-0.25, -0.2) is 4.79 Å². The first-order valence-electron chi connectivity index (χ1n) is 9.99. The fourth-order valence-electron chi connectivity index (χ4n) is 3.07. The number of benzene rings is 3. The standard InChI is InChI=1S/C26H25BrO4/c1-17-4-6-20(7-5-17)24(21-8-10-22(27)11-9-21)14-15-30-23-12-13-25(18(2)16-23)31-19(3)26(28)29/h4-14,16,19H,15H2,1-3H3,(H,28,29)/b24-14+. The zero-order valence-corrected chi connectivity index (χ0v) is 19.3. The maximum Gasteiger partial charge on any atom is 0.344 e. The molecule has 0 aliphatic heterocycles. The largest absolute Gasteiger partial charge is 0.489 e. The van der Waals surface area contributed by atoms with Crippen molar-refractivity contribution in [3.8, 4) is 11.5 Å². The van der Waals surface area contributed by atoms with Crippen molar-refractivity contribution in [2.75, 3.05) is 6.61 Å². The summed E-state index contributed by atoms with van der Waals surface area (Å²) in [5.41, 5.74) is 5.36. The van der Waals surface area contributed by atoms with Gasteiger partial charge in [-0.3, -0.25) is 0 Å². The fraction of sp³-hybridized carbons (Fsp3) is 0.192. The van der Waals surface area contributed by atoms with Gasteiger partial charge in [0.2, 0.25) is 0 Å². The van der Waals surface area contributed by atoms with Gasteiger partial charge in [0.05, 0.1) is 0 Å². The molecule has 0 radical (unpaired) electrons. The van der Waals surface area contributed by atoms with Crippen LogP contribution in [0.2, 0.25) is 0 Å². The van der Waals surface area contributed by atoms with Crippen LogP contribution in [0, 0.1) is 13.8 Å². The number of halogens is 1. The van der Waals surface area contributed by atoms with Crippen LogP contribution >= 0.6 is 15.9 Å². The number of carboxylic acid groups (broad SMARTS) is 1. The predicted molar refractivity (Wildman–Crippen MR) is 127 cm³/mol. The van der Waals surface area contributed by atoms with Gasteiger partial charge in [-0.05, 0) is 79.4 Å². The molecule has 0 fully saturated rings. The Balaban J connectivity index is 1.78. The summed E-state index contributed by atoms with van der Waals surface area (Å²) in [5.74, 6) is 0.234. The van der Waals surface area contributed by atoms with E-state index in [1.54, 1.807) is 12.1 Å². The van der Waals surface area contributed by atoms with Gasteiger partial charge in [0, 0.05) is 4.47 Å². The van der Waals surface area contributed by atoms with Crippen molar-refractivity contribution in [2.24, 2.45) is 0 Å². The molecule has 0 spiro atoms. The molecule has 160 valence electrons. The third-order valence-corrected chi connectivity index (χ3v) is 5.38. The fourth-order valence-corrected chi connectivity index (χ4v) is 3.34. The predicted octanol–water partition coefficient (Wildman–Crippen LogP) is 6.43. The minimum Gasteiger partial charge on any atom is -0.489 e. The second-order valence-corrected chi connectivity index (χ2v) is 8.24. The topological polar surface area (TPSA) is 55.8 Å². The van der Waals surface area contributed by atoms with Crippen LogP contribution in [-0.2, 0) is 4.79 Å². The third kappa shape index (κ3) is 6.22. The van der Waals surface area contributed by atoms with E-state index >= 15 is 0 Å². The highest BCUT2D eigenvalue weighted by Crippen LogP contribution is 2.27. The lowest BCUT2D eigenvalue weighted by Crippen LogP contribution is -2.23. The molecule has 3 aromatic rings. The number of aliphatic carboxylic acids is 1. The van der Waals surface area contributed by atoms with E-state index in [1.807, 2.05) is 25.1 Å². The van der Waals surface area contributed by atoms with Gasteiger partial charge in [0.25, 0.3) is 0 Å². The van der Waals surface area contributed by atoms with Gasteiger partial charge in [0.1, 0.15) is 18.1 Å². The SMILES string of the molecule is Cc1ccc(/C(=C\COc2ccc(OC(C)C(=O)O)c(C)c2)c2ccc(Br)cc2)cc1. The quantitative estimate of drug-likeness (QED) is 0.403. The molecular weight excluding hydrogens is 456 g/mol. The molecule has 5 heteroatoms.